The van der Waals surface area contributed by atoms with E-state index in [-0.39, 0.29) is 0 Å². The van der Waals surface area contributed by atoms with Crippen LogP contribution >= 0.6 is 0 Å². The van der Waals surface area contributed by atoms with Gasteiger partial charge in [-0.1, -0.05) is 69.3 Å². The lowest BCUT2D eigenvalue weighted by Gasteiger charge is -2.02. The van der Waals surface area contributed by atoms with E-state index in [4.69, 9.17) is 0 Å². The summed E-state index contributed by atoms with van der Waals surface area (Å²) in [5.41, 5.74) is 5.84. The largest absolute Gasteiger partial charge is 0.0620 e. The van der Waals surface area contributed by atoms with Crippen LogP contribution in [0.25, 0.3) is 0 Å². The molecule has 0 atom stereocenters. The fourth-order valence-electron chi connectivity index (χ4n) is 2.25. The molecular weight excluding hydrogens is 228 g/mol. The molecule has 0 unspecified atom stereocenters. The summed E-state index contributed by atoms with van der Waals surface area (Å²) in [7, 11) is 0. The van der Waals surface area contributed by atoms with Crippen LogP contribution in [-0.4, -0.2) is 0 Å². The van der Waals surface area contributed by atoms with Crippen molar-refractivity contribution in [1.82, 2.24) is 0 Å². The fourth-order valence-corrected chi connectivity index (χ4v) is 2.25. The van der Waals surface area contributed by atoms with E-state index < -0.39 is 0 Å². The van der Waals surface area contributed by atoms with E-state index >= 15 is 0 Å². The van der Waals surface area contributed by atoms with Crippen LogP contribution in [0.4, 0.5) is 0 Å². The van der Waals surface area contributed by atoms with Crippen molar-refractivity contribution in [2.75, 3.05) is 0 Å². The maximum atomic E-state index is 2.21. The van der Waals surface area contributed by atoms with Gasteiger partial charge in [0.05, 0.1) is 0 Å². The molecule has 102 valence electrons. The summed E-state index contributed by atoms with van der Waals surface area (Å²) in [4.78, 5) is 0. The molecule has 0 radical (unpaired) electrons. The molecule has 0 aliphatic carbocycles. The summed E-state index contributed by atoms with van der Waals surface area (Å²) in [5.74, 6) is 0. The van der Waals surface area contributed by atoms with E-state index in [0.717, 1.165) is 19.3 Å². The minimum Gasteiger partial charge on any atom is -0.0620 e. The zero-order valence-electron chi connectivity index (χ0n) is 12.7. The smallest absolute Gasteiger partial charge is 0.0305 e. The summed E-state index contributed by atoms with van der Waals surface area (Å²) >= 11 is 0. The van der Waals surface area contributed by atoms with E-state index in [1.54, 1.807) is 0 Å². The molecule has 2 aromatic carbocycles. The Labute approximate surface area is 118 Å². The fraction of sp³-hybridized carbons (Fsp3) is 0.368. The highest BCUT2D eigenvalue weighted by Crippen LogP contribution is 2.09. The highest BCUT2D eigenvalue weighted by molar-refractivity contribution is 5.26. The monoisotopic (exact) mass is 254 g/mol. The Bertz CT molecular complexity index is 460. The van der Waals surface area contributed by atoms with Crippen molar-refractivity contribution in [2.24, 2.45) is 0 Å². The van der Waals surface area contributed by atoms with Crippen LogP contribution in [0.2, 0.25) is 0 Å². The van der Waals surface area contributed by atoms with Crippen LogP contribution in [0, 0.1) is 6.92 Å². The van der Waals surface area contributed by atoms with Gasteiger partial charge in [-0.05, 0) is 48.4 Å². The number of hydrogen-bond acceptors (Lipinski definition) is 0. The Kier molecular flexibility index (Phi) is 6.95. The Hall–Kier alpha value is -1.56. The first-order valence-corrected chi connectivity index (χ1v) is 7.34. The quantitative estimate of drug-likeness (QED) is 0.691. The van der Waals surface area contributed by atoms with E-state index in [1.807, 2.05) is 0 Å². The Morgan fingerprint density at radius 2 is 0.947 bits per heavy atom. The third-order valence-corrected chi connectivity index (χ3v) is 3.52. The average Bonchev–Trinajstić information content (AvgIpc) is 2.48. The maximum Gasteiger partial charge on any atom is -0.0305 e. The van der Waals surface area contributed by atoms with Crippen LogP contribution in [0.15, 0.2) is 48.5 Å². The molecule has 2 rings (SSSR count). The lowest BCUT2D eigenvalue weighted by atomic mass is 10.0. The molecule has 0 aliphatic rings. The van der Waals surface area contributed by atoms with Gasteiger partial charge in [-0.3, -0.25) is 0 Å². The second-order valence-electron chi connectivity index (χ2n) is 4.76. The molecule has 0 heterocycles. The third-order valence-electron chi connectivity index (χ3n) is 3.52. The van der Waals surface area contributed by atoms with Crippen molar-refractivity contribution in [3.8, 4) is 0 Å². The topological polar surface area (TPSA) is 0 Å². The first-order chi connectivity index (χ1) is 9.22. The Balaban J connectivity index is 0.000000191. The molecule has 0 bridgehead atoms. The molecule has 0 fully saturated rings. The van der Waals surface area contributed by atoms with Gasteiger partial charge >= 0.3 is 0 Å². The van der Waals surface area contributed by atoms with Crippen LogP contribution in [0.1, 0.15) is 43.0 Å². The number of aryl methyl sites for hydroxylation is 4. The molecule has 0 saturated carbocycles. The summed E-state index contributed by atoms with van der Waals surface area (Å²) in [6, 6.07) is 17.1. The van der Waals surface area contributed by atoms with Gasteiger partial charge in [-0.2, -0.15) is 0 Å². The highest BCUT2D eigenvalue weighted by Gasteiger charge is 1.94. The second kappa shape index (κ2) is 8.53. The van der Waals surface area contributed by atoms with Crippen molar-refractivity contribution in [3.63, 3.8) is 0 Å². The summed E-state index contributed by atoms with van der Waals surface area (Å²) in [5, 5.41) is 0. The molecule has 0 amide bonds. The zero-order valence-corrected chi connectivity index (χ0v) is 12.7. The first kappa shape index (κ1) is 15.5. The van der Waals surface area contributed by atoms with Gasteiger partial charge in [-0.15, -0.1) is 0 Å². The van der Waals surface area contributed by atoms with Crippen LogP contribution in [0.3, 0.4) is 0 Å². The van der Waals surface area contributed by atoms with Crippen molar-refractivity contribution >= 4 is 0 Å². The molecule has 0 aliphatic heterocycles. The lowest BCUT2D eigenvalue weighted by molar-refractivity contribution is 1.04. The highest BCUT2D eigenvalue weighted by atomic mass is 14.0. The number of benzene rings is 2. The predicted octanol–water partition coefficient (Wildman–Crippen LogP) is 5.37. The SMILES string of the molecule is CCc1ccccc1C.CCc1ccccc1CC. The minimum absolute atomic E-state index is 1.15. The predicted molar refractivity (Wildman–Crippen MR) is 85.8 cm³/mol. The van der Waals surface area contributed by atoms with Crippen LogP contribution < -0.4 is 0 Å². The van der Waals surface area contributed by atoms with E-state index in [2.05, 4.69) is 76.2 Å². The molecule has 0 saturated heterocycles. The summed E-state index contributed by atoms with van der Waals surface area (Å²) < 4.78 is 0. The van der Waals surface area contributed by atoms with Gasteiger partial charge in [0, 0.05) is 0 Å². The minimum atomic E-state index is 1.15. The normalized spacial score (nSPS) is 9.68. The molecule has 0 heteroatoms. The van der Waals surface area contributed by atoms with E-state index in [0.29, 0.717) is 0 Å². The van der Waals surface area contributed by atoms with Crippen molar-refractivity contribution in [2.45, 2.75) is 47.0 Å². The molecule has 0 nitrogen and oxygen atoms in total. The second-order valence-corrected chi connectivity index (χ2v) is 4.76. The van der Waals surface area contributed by atoms with Gasteiger partial charge in [0.1, 0.15) is 0 Å². The number of hydrogen-bond donors (Lipinski definition) is 0. The molecular formula is C19H26. The van der Waals surface area contributed by atoms with Crippen molar-refractivity contribution in [1.29, 1.82) is 0 Å². The average molecular weight is 254 g/mol. The molecule has 2 aromatic rings. The standard InChI is InChI=1S/C10H14.C9H12/c1-3-9-7-5-6-8-10(9)4-2;1-3-9-7-5-4-6-8(9)2/h5-8H,3-4H2,1-2H3;4-7H,3H2,1-2H3. The first-order valence-electron chi connectivity index (χ1n) is 7.34. The van der Waals surface area contributed by atoms with Gasteiger partial charge in [0.25, 0.3) is 0 Å². The van der Waals surface area contributed by atoms with Crippen molar-refractivity contribution < 1.29 is 0 Å². The lowest BCUT2D eigenvalue weighted by Crippen LogP contribution is -1.88. The Morgan fingerprint density at radius 1 is 0.579 bits per heavy atom. The van der Waals surface area contributed by atoms with Crippen LogP contribution in [0.5, 0.6) is 0 Å². The third kappa shape index (κ3) is 4.90. The zero-order chi connectivity index (χ0) is 14.1. The van der Waals surface area contributed by atoms with E-state index in [1.165, 1.54) is 22.3 Å². The molecule has 19 heavy (non-hydrogen) atoms. The molecule has 0 aromatic heterocycles. The Morgan fingerprint density at radius 3 is 1.26 bits per heavy atom. The van der Waals surface area contributed by atoms with Crippen molar-refractivity contribution in [3.05, 3.63) is 70.8 Å². The maximum absolute atomic E-state index is 2.21. The molecule has 0 N–H and O–H groups in total. The van der Waals surface area contributed by atoms with Crippen LogP contribution in [-0.2, 0) is 19.3 Å². The molecule has 0 spiro atoms. The summed E-state index contributed by atoms with van der Waals surface area (Å²) in [6.07, 6.45) is 3.46. The van der Waals surface area contributed by atoms with Gasteiger partial charge in [0.15, 0.2) is 0 Å². The van der Waals surface area contributed by atoms with Gasteiger partial charge in [-0.25, -0.2) is 0 Å². The van der Waals surface area contributed by atoms with E-state index in [9.17, 15) is 0 Å². The number of rotatable bonds is 3. The summed E-state index contributed by atoms with van der Waals surface area (Å²) in [6.45, 7) is 8.74. The van der Waals surface area contributed by atoms with Gasteiger partial charge in [0.2, 0.25) is 0 Å². The van der Waals surface area contributed by atoms with Gasteiger partial charge < -0.3 is 0 Å².